The van der Waals surface area contributed by atoms with Crippen LogP contribution < -0.4 is 5.32 Å². The number of nitrogens with zero attached hydrogens (tertiary/aromatic N) is 2. The van der Waals surface area contributed by atoms with Gasteiger partial charge in [-0.15, -0.1) is 0 Å². The van der Waals surface area contributed by atoms with Gasteiger partial charge >= 0.3 is 0 Å². The van der Waals surface area contributed by atoms with E-state index in [4.69, 9.17) is 11.6 Å². The average Bonchev–Trinajstić information content (AvgIpc) is 3.11. The van der Waals surface area contributed by atoms with Crippen molar-refractivity contribution < 1.29 is 9.59 Å². The van der Waals surface area contributed by atoms with E-state index < -0.39 is 0 Å². The molecule has 3 aliphatic heterocycles. The zero-order chi connectivity index (χ0) is 21.9. The minimum Gasteiger partial charge on any atom is -0.350 e. The summed E-state index contributed by atoms with van der Waals surface area (Å²) >= 11 is 6.21. The number of amides is 2. The smallest absolute Gasteiger partial charge is 0.233 e. The molecule has 172 valence electrons. The van der Waals surface area contributed by atoms with Crippen LogP contribution in [-0.4, -0.2) is 59.9 Å². The minimum atomic E-state index is -0.373. The molecule has 2 amide bonds. The highest BCUT2D eigenvalue weighted by Gasteiger charge is 2.59. The van der Waals surface area contributed by atoms with Gasteiger partial charge < -0.3 is 15.1 Å². The first-order chi connectivity index (χ1) is 15.5. The third-order valence-electron chi connectivity index (χ3n) is 9.28. The van der Waals surface area contributed by atoms with E-state index in [1.807, 2.05) is 24.3 Å². The normalized spacial score (nSPS) is 31.2. The predicted molar refractivity (Wildman–Crippen MR) is 124 cm³/mol. The molecule has 2 aliphatic carbocycles. The minimum absolute atomic E-state index is 0.115. The van der Waals surface area contributed by atoms with Crippen LogP contribution in [-0.2, 0) is 15.0 Å². The van der Waals surface area contributed by atoms with Crippen LogP contribution in [0.4, 0.5) is 0 Å². The zero-order valence-electron chi connectivity index (χ0n) is 18.8. The molecule has 6 rings (SSSR count). The van der Waals surface area contributed by atoms with Gasteiger partial charge in [-0.3, -0.25) is 9.59 Å². The number of fused-ring (bicyclic) bond motifs is 2. The van der Waals surface area contributed by atoms with Gasteiger partial charge in [0, 0.05) is 49.2 Å². The molecule has 5 nitrogen and oxygen atoms in total. The second-order valence-corrected chi connectivity index (χ2v) is 11.5. The van der Waals surface area contributed by atoms with Crippen molar-refractivity contribution >= 4 is 23.4 Å². The fraction of sp³-hybridized carbons (Fsp3) is 0.692. The molecule has 1 aromatic carbocycles. The lowest BCUT2D eigenvalue weighted by Gasteiger charge is -2.43. The van der Waals surface area contributed by atoms with Gasteiger partial charge in [-0.1, -0.05) is 36.6 Å². The Kier molecular flexibility index (Phi) is 5.07. The van der Waals surface area contributed by atoms with Crippen LogP contribution in [0.1, 0.15) is 56.9 Å². The summed E-state index contributed by atoms with van der Waals surface area (Å²) in [7, 11) is 0. The van der Waals surface area contributed by atoms with Gasteiger partial charge in [0.05, 0.1) is 11.3 Å². The third kappa shape index (κ3) is 3.38. The molecule has 0 radical (unpaired) electrons. The highest BCUT2D eigenvalue weighted by Crippen LogP contribution is 2.51. The molecule has 1 spiro atoms. The number of piperidine rings is 1. The van der Waals surface area contributed by atoms with E-state index in [0.29, 0.717) is 10.9 Å². The summed E-state index contributed by atoms with van der Waals surface area (Å²) in [5, 5.41) is 4.11. The number of hydrogen-bond acceptors (Lipinski definition) is 3. The second kappa shape index (κ2) is 7.73. The molecule has 1 N–H and O–H groups in total. The Balaban J connectivity index is 1.12. The van der Waals surface area contributed by atoms with E-state index in [-0.39, 0.29) is 28.7 Å². The predicted octanol–water partition coefficient (Wildman–Crippen LogP) is 3.60. The summed E-state index contributed by atoms with van der Waals surface area (Å²) in [6.07, 6.45) is 9.04. The Hall–Kier alpha value is -1.59. The number of nitrogens with one attached hydrogen (secondary N) is 1. The lowest BCUT2D eigenvalue weighted by molar-refractivity contribution is -0.136. The van der Waals surface area contributed by atoms with E-state index >= 15 is 0 Å². The Morgan fingerprint density at radius 1 is 1.09 bits per heavy atom. The Bertz CT molecular complexity index is 915. The molecule has 0 bridgehead atoms. The van der Waals surface area contributed by atoms with E-state index in [1.165, 1.54) is 32.2 Å². The SMILES string of the molecule is O=C1NC2(CCN(C(=O)C3(c4cccc(Cl)c4)CC3)CC2)[C@H]2CN(CC3CCCC3)C[C@@H]12. The maximum absolute atomic E-state index is 13.5. The van der Waals surface area contributed by atoms with Crippen LogP contribution in [0.5, 0.6) is 0 Å². The first kappa shape index (κ1) is 21.0. The molecule has 3 heterocycles. The molecule has 5 aliphatic rings. The van der Waals surface area contributed by atoms with E-state index in [2.05, 4.69) is 15.1 Å². The van der Waals surface area contributed by atoms with Gasteiger partial charge in [-0.25, -0.2) is 0 Å². The summed E-state index contributed by atoms with van der Waals surface area (Å²) in [5.41, 5.74) is 0.570. The molecule has 0 aromatic heterocycles. The monoisotopic (exact) mass is 455 g/mol. The number of likely N-dealkylation sites (tertiary alicyclic amines) is 2. The molecule has 2 saturated carbocycles. The lowest BCUT2D eigenvalue weighted by Crippen LogP contribution is -2.57. The van der Waals surface area contributed by atoms with E-state index in [9.17, 15) is 9.59 Å². The molecule has 1 aromatic rings. The highest BCUT2D eigenvalue weighted by atomic mass is 35.5. The van der Waals surface area contributed by atoms with E-state index in [1.54, 1.807) is 0 Å². The second-order valence-electron chi connectivity index (χ2n) is 11.1. The van der Waals surface area contributed by atoms with Gasteiger partial charge in [0.2, 0.25) is 11.8 Å². The van der Waals surface area contributed by atoms with E-state index in [0.717, 1.165) is 63.3 Å². The molecule has 3 saturated heterocycles. The maximum Gasteiger partial charge on any atom is 0.233 e. The van der Waals surface area contributed by atoms with Crippen LogP contribution in [0, 0.1) is 17.8 Å². The number of carbonyl (C=O) groups is 2. The van der Waals surface area contributed by atoms with Gasteiger partial charge in [-0.2, -0.15) is 0 Å². The van der Waals surface area contributed by atoms with Crippen molar-refractivity contribution in [3.05, 3.63) is 34.9 Å². The average molecular weight is 456 g/mol. The lowest BCUT2D eigenvalue weighted by atomic mass is 9.75. The van der Waals surface area contributed by atoms with Crippen LogP contribution in [0.15, 0.2) is 24.3 Å². The largest absolute Gasteiger partial charge is 0.350 e. The number of benzene rings is 1. The third-order valence-corrected chi connectivity index (χ3v) is 9.52. The Morgan fingerprint density at radius 3 is 2.53 bits per heavy atom. The first-order valence-corrected chi connectivity index (χ1v) is 13.0. The quantitative estimate of drug-likeness (QED) is 0.754. The molecule has 32 heavy (non-hydrogen) atoms. The van der Waals surface area contributed by atoms with Gasteiger partial charge in [0.25, 0.3) is 0 Å². The molecular formula is C26H34ClN3O2. The van der Waals surface area contributed by atoms with Crippen molar-refractivity contribution in [3.8, 4) is 0 Å². The summed E-state index contributed by atoms with van der Waals surface area (Å²) in [6, 6.07) is 7.81. The molecule has 6 heteroatoms. The number of halogens is 1. The highest BCUT2D eigenvalue weighted by molar-refractivity contribution is 6.30. The van der Waals surface area contributed by atoms with Crippen molar-refractivity contribution in [3.63, 3.8) is 0 Å². The van der Waals surface area contributed by atoms with Crippen molar-refractivity contribution in [2.75, 3.05) is 32.7 Å². The van der Waals surface area contributed by atoms with Crippen LogP contribution in [0.2, 0.25) is 5.02 Å². The fourth-order valence-electron chi connectivity index (χ4n) is 7.29. The molecule has 5 fully saturated rings. The number of carbonyl (C=O) groups excluding carboxylic acids is 2. The topological polar surface area (TPSA) is 52.7 Å². The summed E-state index contributed by atoms with van der Waals surface area (Å²) in [6.45, 7) is 4.62. The van der Waals surface area contributed by atoms with Crippen molar-refractivity contribution in [2.45, 2.75) is 62.3 Å². The standard InChI is InChI=1S/C26H34ClN3O2/c27-20-7-3-6-19(14-20)25(8-9-25)24(32)30-12-10-26(11-13-30)22-17-29(15-18-4-1-2-5-18)16-21(22)23(31)28-26/h3,6-7,14,18,21-22H,1-2,4-5,8-13,15-17H2,(H,28,31)/t21-,22+/m1/s1. The molecular weight excluding hydrogens is 422 g/mol. The van der Waals surface area contributed by atoms with Gasteiger partial charge in [0.1, 0.15) is 0 Å². The maximum atomic E-state index is 13.5. The number of rotatable bonds is 4. The van der Waals surface area contributed by atoms with Crippen molar-refractivity contribution in [1.82, 2.24) is 15.1 Å². The van der Waals surface area contributed by atoms with Gasteiger partial charge in [-0.05, 0) is 62.1 Å². The van der Waals surface area contributed by atoms with Crippen molar-refractivity contribution in [1.29, 1.82) is 0 Å². The zero-order valence-corrected chi connectivity index (χ0v) is 19.6. The fourth-order valence-corrected chi connectivity index (χ4v) is 7.48. The number of hydrogen-bond donors (Lipinski definition) is 1. The van der Waals surface area contributed by atoms with Crippen LogP contribution in [0.25, 0.3) is 0 Å². The Morgan fingerprint density at radius 2 is 1.84 bits per heavy atom. The van der Waals surface area contributed by atoms with Gasteiger partial charge in [0.15, 0.2) is 0 Å². The molecule has 0 unspecified atom stereocenters. The van der Waals surface area contributed by atoms with Crippen LogP contribution in [0.3, 0.4) is 0 Å². The first-order valence-electron chi connectivity index (χ1n) is 12.6. The summed E-state index contributed by atoms with van der Waals surface area (Å²) in [4.78, 5) is 31.0. The van der Waals surface area contributed by atoms with Crippen molar-refractivity contribution in [2.24, 2.45) is 17.8 Å². The molecule has 2 atom stereocenters. The van der Waals surface area contributed by atoms with Crippen LogP contribution >= 0.6 is 11.6 Å². The Labute approximate surface area is 195 Å². The summed E-state index contributed by atoms with van der Waals surface area (Å²) in [5.74, 6) is 1.87. The summed E-state index contributed by atoms with van der Waals surface area (Å²) < 4.78 is 0.